The quantitative estimate of drug-likeness (QED) is 0.625. The van der Waals surface area contributed by atoms with Crippen LogP contribution in [0.15, 0.2) is 0 Å². The first-order valence-corrected chi connectivity index (χ1v) is 4.76. The molecule has 0 heterocycles. The Kier molecular flexibility index (Phi) is 6.15. The summed E-state index contributed by atoms with van der Waals surface area (Å²) in [6, 6.07) is -1.27. The van der Waals surface area contributed by atoms with E-state index in [1.165, 1.54) is 4.90 Å². The molecule has 0 unspecified atom stereocenters. The number of carbonyl (C=O) groups is 2. The number of hydrogen-bond acceptors (Lipinski definition) is 2. The maximum Gasteiger partial charge on any atom is 0.405 e. The summed E-state index contributed by atoms with van der Waals surface area (Å²) in [7, 11) is 3.08. The molecular formula is C8H15F3N4O2. The molecule has 100 valence electrons. The van der Waals surface area contributed by atoms with E-state index in [4.69, 9.17) is 0 Å². The van der Waals surface area contributed by atoms with Gasteiger partial charge in [-0.2, -0.15) is 13.2 Å². The molecule has 6 nitrogen and oxygen atoms in total. The van der Waals surface area contributed by atoms with Crippen LogP contribution in [-0.2, 0) is 0 Å². The second-order valence-electron chi connectivity index (χ2n) is 3.35. The molecule has 0 radical (unpaired) electrons. The van der Waals surface area contributed by atoms with Crippen molar-refractivity contribution in [1.82, 2.24) is 20.9 Å². The third kappa shape index (κ3) is 9.27. The molecule has 0 fully saturated rings. The van der Waals surface area contributed by atoms with Gasteiger partial charge in [0.2, 0.25) is 0 Å². The van der Waals surface area contributed by atoms with E-state index in [-0.39, 0.29) is 19.1 Å². The number of hydrogen-bond donors (Lipinski definition) is 3. The number of alkyl halides is 3. The fraction of sp³-hybridized carbons (Fsp3) is 0.750. The van der Waals surface area contributed by atoms with E-state index >= 15 is 0 Å². The summed E-state index contributed by atoms with van der Waals surface area (Å²) in [6.45, 7) is -1.21. The molecule has 0 spiro atoms. The number of nitrogens with one attached hydrogen (secondary N) is 3. The Morgan fingerprint density at radius 3 is 2.06 bits per heavy atom. The van der Waals surface area contributed by atoms with Crippen LogP contribution in [0.4, 0.5) is 22.8 Å². The van der Waals surface area contributed by atoms with Gasteiger partial charge in [0.15, 0.2) is 0 Å². The predicted molar refractivity (Wildman–Crippen MR) is 54.5 cm³/mol. The molecule has 0 aromatic rings. The number of halogens is 3. The lowest BCUT2D eigenvalue weighted by Crippen LogP contribution is -2.44. The molecule has 0 aliphatic heterocycles. The smallest absolute Gasteiger partial charge is 0.336 e. The Morgan fingerprint density at radius 2 is 1.59 bits per heavy atom. The zero-order valence-corrected chi connectivity index (χ0v) is 9.52. The first kappa shape index (κ1) is 15.3. The van der Waals surface area contributed by atoms with Crippen LogP contribution < -0.4 is 16.0 Å². The monoisotopic (exact) mass is 256 g/mol. The molecule has 0 aromatic heterocycles. The van der Waals surface area contributed by atoms with E-state index in [9.17, 15) is 22.8 Å². The van der Waals surface area contributed by atoms with Crippen LogP contribution in [0.1, 0.15) is 0 Å². The van der Waals surface area contributed by atoms with Crippen molar-refractivity contribution in [3.63, 3.8) is 0 Å². The lowest BCUT2D eigenvalue weighted by Gasteiger charge is -2.13. The highest BCUT2D eigenvalue weighted by Gasteiger charge is 2.27. The summed E-state index contributed by atoms with van der Waals surface area (Å²) in [6.07, 6.45) is -4.43. The highest BCUT2D eigenvalue weighted by molar-refractivity contribution is 5.74. The Bertz CT molecular complexity index is 268. The molecule has 0 bridgehead atoms. The minimum absolute atomic E-state index is 0.0449. The van der Waals surface area contributed by atoms with Gasteiger partial charge in [0.1, 0.15) is 6.54 Å². The van der Waals surface area contributed by atoms with Crippen LogP contribution in [0.5, 0.6) is 0 Å². The van der Waals surface area contributed by atoms with Gasteiger partial charge in [-0.05, 0) is 0 Å². The van der Waals surface area contributed by atoms with Crippen molar-refractivity contribution < 1.29 is 22.8 Å². The average molecular weight is 256 g/mol. The summed E-state index contributed by atoms with van der Waals surface area (Å²) in [5.74, 6) is 0. The third-order valence-corrected chi connectivity index (χ3v) is 1.54. The van der Waals surface area contributed by atoms with Crippen molar-refractivity contribution >= 4 is 12.1 Å². The standard InChI is InChI=1S/C8H15F3N4O2/c1-15(2)7(17)13-4-3-12-6(16)14-5-8(9,10)11/h3-5H2,1-2H3,(H,13,17)(H2,12,14,16). The first-order chi connectivity index (χ1) is 7.72. The molecule has 9 heteroatoms. The van der Waals surface area contributed by atoms with E-state index in [0.29, 0.717) is 0 Å². The van der Waals surface area contributed by atoms with Gasteiger partial charge in [-0.1, -0.05) is 0 Å². The molecule has 0 saturated heterocycles. The number of carbonyl (C=O) groups excluding carboxylic acids is 2. The van der Waals surface area contributed by atoms with Crippen LogP contribution in [0, 0.1) is 0 Å². The van der Waals surface area contributed by atoms with Crippen molar-refractivity contribution in [3.8, 4) is 0 Å². The van der Waals surface area contributed by atoms with Crippen molar-refractivity contribution in [2.45, 2.75) is 6.18 Å². The number of urea groups is 2. The Balaban J connectivity index is 3.56. The molecule has 0 rings (SSSR count). The van der Waals surface area contributed by atoms with Gasteiger partial charge in [0, 0.05) is 27.2 Å². The van der Waals surface area contributed by atoms with Crippen LogP contribution >= 0.6 is 0 Å². The SMILES string of the molecule is CN(C)C(=O)NCCNC(=O)NCC(F)(F)F. The molecule has 4 amide bonds. The molecular weight excluding hydrogens is 241 g/mol. The number of rotatable bonds is 4. The molecule has 3 N–H and O–H groups in total. The van der Waals surface area contributed by atoms with Crippen molar-refractivity contribution in [2.75, 3.05) is 33.7 Å². The number of nitrogens with zero attached hydrogens (tertiary/aromatic N) is 1. The first-order valence-electron chi connectivity index (χ1n) is 4.76. The van der Waals surface area contributed by atoms with Gasteiger partial charge in [-0.3, -0.25) is 0 Å². The van der Waals surface area contributed by atoms with Crippen LogP contribution in [0.2, 0.25) is 0 Å². The third-order valence-electron chi connectivity index (χ3n) is 1.54. The van der Waals surface area contributed by atoms with Crippen LogP contribution in [-0.4, -0.2) is 56.9 Å². The summed E-state index contributed by atoms with van der Waals surface area (Å²) >= 11 is 0. The Morgan fingerprint density at radius 1 is 1.06 bits per heavy atom. The Hall–Kier alpha value is -1.67. The van der Waals surface area contributed by atoms with Gasteiger partial charge in [0.05, 0.1) is 0 Å². The summed E-state index contributed by atoms with van der Waals surface area (Å²) < 4.78 is 35.1. The van der Waals surface area contributed by atoms with Gasteiger partial charge in [-0.25, -0.2) is 9.59 Å². The van der Waals surface area contributed by atoms with Gasteiger partial charge >= 0.3 is 18.2 Å². The zero-order chi connectivity index (χ0) is 13.5. The van der Waals surface area contributed by atoms with Crippen molar-refractivity contribution in [2.24, 2.45) is 0 Å². The summed E-state index contributed by atoms with van der Waals surface area (Å²) in [4.78, 5) is 23.1. The molecule has 0 saturated carbocycles. The van der Waals surface area contributed by atoms with Crippen molar-refractivity contribution in [1.29, 1.82) is 0 Å². The highest BCUT2D eigenvalue weighted by Crippen LogP contribution is 2.11. The van der Waals surface area contributed by atoms with Crippen LogP contribution in [0.25, 0.3) is 0 Å². The molecule has 0 aliphatic carbocycles. The van der Waals surface area contributed by atoms with Crippen LogP contribution in [0.3, 0.4) is 0 Å². The zero-order valence-electron chi connectivity index (χ0n) is 9.52. The normalized spacial score (nSPS) is 10.6. The second kappa shape index (κ2) is 6.81. The second-order valence-corrected chi connectivity index (χ2v) is 3.35. The number of amides is 4. The van der Waals surface area contributed by atoms with Gasteiger partial charge in [-0.15, -0.1) is 0 Å². The fourth-order valence-corrected chi connectivity index (χ4v) is 0.747. The average Bonchev–Trinajstić information content (AvgIpc) is 2.20. The summed E-state index contributed by atoms with van der Waals surface area (Å²) in [5, 5.41) is 6.23. The highest BCUT2D eigenvalue weighted by atomic mass is 19.4. The van der Waals surface area contributed by atoms with Gasteiger partial charge < -0.3 is 20.9 Å². The molecule has 0 aliphatic rings. The lowest BCUT2D eigenvalue weighted by molar-refractivity contribution is -0.122. The maximum atomic E-state index is 11.7. The van der Waals surface area contributed by atoms with E-state index in [0.717, 1.165) is 0 Å². The topological polar surface area (TPSA) is 73.5 Å². The molecule has 17 heavy (non-hydrogen) atoms. The van der Waals surface area contributed by atoms with E-state index in [1.54, 1.807) is 19.4 Å². The maximum absolute atomic E-state index is 11.7. The predicted octanol–water partition coefficient (Wildman–Crippen LogP) is 0.119. The largest absolute Gasteiger partial charge is 0.405 e. The molecule has 0 aromatic carbocycles. The summed E-state index contributed by atoms with van der Waals surface area (Å²) in [5.41, 5.74) is 0. The minimum Gasteiger partial charge on any atom is -0.336 e. The fourth-order valence-electron chi connectivity index (χ4n) is 0.747. The van der Waals surface area contributed by atoms with E-state index < -0.39 is 18.8 Å². The van der Waals surface area contributed by atoms with E-state index in [1.807, 2.05) is 0 Å². The minimum atomic E-state index is -4.43. The molecule has 0 atom stereocenters. The van der Waals surface area contributed by atoms with Gasteiger partial charge in [0.25, 0.3) is 0 Å². The van der Waals surface area contributed by atoms with E-state index in [2.05, 4.69) is 10.6 Å². The van der Waals surface area contributed by atoms with Crippen molar-refractivity contribution in [3.05, 3.63) is 0 Å². The Labute approximate surface area is 96.5 Å². The lowest BCUT2D eigenvalue weighted by atomic mass is 10.6.